The van der Waals surface area contributed by atoms with Crippen LogP contribution in [0.4, 0.5) is 0 Å². The Morgan fingerprint density at radius 2 is 2.29 bits per heavy atom. The van der Waals surface area contributed by atoms with Gasteiger partial charge in [-0.05, 0) is 30.9 Å². The van der Waals surface area contributed by atoms with E-state index in [-0.39, 0.29) is 5.69 Å². The third kappa shape index (κ3) is 2.88. The van der Waals surface area contributed by atoms with Crippen molar-refractivity contribution >= 4 is 17.6 Å². The van der Waals surface area contributed by atoms with Crippen LogP contribution in [-0.4, -0.2) is 27.5 Å². The van der Waals surface area contributed by atoms with Crippen molar-refractivity contribution in [3.8, 4) is 17.0 Å². The Labute approximate surface area is 127 Å². The maximum atomic E-state index is 11.0. The van der Waals surface area contributed by atoms with Gasteiger partial charge in [-0.25, -0.2) is 4.79 Å². The van der Waals surface area contributed by atoms with Crippen molar-refractivity contribution in [1.29, 1.82) is 0 Å². The van der Waals surface area contributed by atoms with E-state index in [1.165, 1.54) is 23.6 Å². The predicted octanol–water partition coefficient (Wildman–Crippen LogP) is 3.23. The van der Waals surface area contributed by atoms with Gasteiger partial charge >= 0.3 is 5.97 Å². The third-order valence-corrected chi connectivity index (χ3v) is 3.90. The van der Waals surface area contributed by atoms with Gasteiger partial charge in [0.25, 0.3) is 0 Å². The summed E-state index contributed by atoms with van der Waals surface area (Å²) in [6, 6.07) is 7.00. The number of rotatable bonds is 5. The third-order valence-electron chi connectivity index (χ3n) is 3.51. The van der Waals surface area contributed by atoms with E-state index in [0.29, 0.717) is 34.6 Å². The molecule has 1 aromatic heterocycles. The highest BCUT2D eigenvalue weighted by Crippen LogP contribution is 2.37. The molecule has 1 aliphatic carbocycles. The standard InChI is InChI=1S/C15H15ClN2O3/c1-18-12(7-11(17-18)15(19)20)10-3-2-4-13(14(10)16)21-8-9-5-6-9/h2-4,7,9H,5-6,8H2,1H3,(H,19,20). The van der Waals surface area contributed by atoms with Crippen molar-refractivity contribution < 1.29 is 14.6 Å². The topological polar surface area (TPSA) is 64.4 Å². The number of carbonyl (C=O) groups is 1. The first-order valence-corrected chi connectivity index (χ1v) is 7.13. The van der Waals surface area contributed by atoms with E-state index in [1.807, 2.05) is 18.2 Å². The van der Waals surface area contributed by atoms with Crippen LogP contribution >= 0.6 is 11.6 Å². The molecule has 3 rings (SSSR count). The van der Waals surface area contributed by atoms with Gasteiger partial charge in [0.1, 0.15) is 5.75 Å². The lowest BCUT2D eigenvalue weighted by Gasteiger charge is -2.11. The Kier molecular flexibility index (Phi) is 3.59. The molecule has 0 amide bonds. The molecule has 0 saturated heterocycles. The van der Waals surface area contributed by atoms with Gasteiger partial charge in [0.2, 0.25) is 0 Å². The molecule has 21 heavy (non-hydrogen) atoms. The minimum atomic E-state index is -1.06. The van der Waals surface area contributed by atoms with Crippen LogP contribution in [0.15, 0.2) is 24.3 Å². The highest BCUT2D eigenvalue weighted by atomic mass is 35.5. The zero-order valence-corrected chi connectivity index (χ0v) is 12.3. The molecule has 1 N–H and O–H groups in total. The van der Waals surface area contributed by atoms with Gasteiger partial charge in [0.15, 0.2) is 5.69 Å². The minimum Gasteiger partial charge on any atom is -0.492 e. The fourth-order valence-corrected chi connectivity index (χ4v) is 2.41. The number of aromatic carboxylic acids is 1. The Morgan fingerprint density at radius 3 is 2.90 bits per heavy atom. The molecule has 5 nitrogen and oxygen atoms in total. The number of carboxylic acid groups (broad SMARTS) is 1. The van der Waals surface area contributed by atoms with E-state index in [2.05, 4.69) is 5.10 Å². The van der Waals surface area contributed by atoms with Crippen LogP contribution in [0.3, 0.4) is 0 Å². The largest absolute Gasteiger partial charge is 0.492 e. The van der Waals surface area contributed by atoms with Crippen LogP contribution in [0.1, 0.15) is 23.3 Å². The van der Waals surface area contributed by atoms with Crippen LogP contribution in [0.2, 0.25) is 5.02 Å². The Balaban J connectivity index is 1.93. The van der Waals surface area contributed by atoms with E-state index in [4.69, 9.17) is 21.4 Å². The quantitative estimate of drug-likeness (QED) is 0.921. The number of halogens is 1. The summed E-state index contributed by atoms with van der Waals surface area (Å²) in [6.07, 6.45) is 2.42. The normalized spacial score (nSPS) is 14.2. The minimum absolute atomic E-state index is 0.00660. The molecular weight excluding hydrogens is 292 g/mol. The molecule has 6 heteroatoms. The van der Waals surface area contributed by atoms with Crippen molar-refractivity contribution in [3.63, 3.8) is 0 Å². The number of hydrogen-bond acceptors (Lipinski definition) is 3. The van der Waals surface area contributed by atoms with Gasteiger partial charge in [-0.1, -0.05) is 23.7 Å². The fraction of sp³-hybridized carbons (Fsp3) is 0.333. The molecule has 1 fully saturated rings. The van der Waals surface area contributed by atoms with Crippen LogP contribution in [-0.2, 0) is 7.05 Å². The van der Waals surface area contributed by atoms with Gasteiger partial charge in [-0.3, -0.25) is 4.68 Å². The summed E-state index contributed by atoms with van der Waals surface area (Å²) < 4.78 is 7.25. The van der Waals surface area contributed by atoms with E-state index in [9.17, 15) is 4.79 Å². The number of benzene rings is 1. The second kappa shape index (κ2) is 5.41. The van der Waals surface area contributed by atoms with Gasteiger partial charge in [0.05, 0.1) is 17.3 Å². The Hall–Kier alpha value is -2.01. The molecule has 0 spiro atoms. The van der Waals surface area contributed by atoms with Gasteiger partial charge in [-0.15, -0.1) is 0 Å². The summed E-state index contributed by atoms with van der Waals surface area (Å²) in [7, 11) is 1.69. The molecule has 1 aromatic carbocycles. The second-order valence-corrected chi connectivity index (χ2v) is 5.59. The van der Waals surface area contributed by atoms with Crippen LogP contribution < -0.4 is 4.74 Å². The van der Waals surface area contributed by atoms with Gasteiger partial charge < -0.3 is 9.84 Å². The van der Waals surface area contributed by atoms with Crippen LogP contribution in [0.25, 0.3) is 11.3 Å². The molecule has 0 unspecified atom stereocenters. The van der Waals surface area contributed by atoms with Crippen molar-refractivity contribution in [2.45, 2.75) is 12.8 Å². The number of ether oxygens (including phenoxy) is 1. The zero-order chi connectivity index (χ0) is 15.0. The predicted molar refractivity (Wildman–Crippen MR) is 78.8 cm³/mol. The first-order valence-electron chi connectivity index (χ1n) is 6.75. The molecular formula is C15H15ClN2O3. The van der Waals surface area contributed by atoms with Crippen molar-refractivity contribution in [3.05, 3.63) is 35.0 Å². The molecule has 1 saturated carbocycles. The van der Waals surface area contributed by atoms with Crippen molar-refractivity contribution in [2.24, 2.45) is 13.0 Å². The molecule has 0 aliphatic heterocycles. The number of nitrogens with zero attached hydrogens (tertiary/aromatic N) is 2. The molecule has 0 radical (unpaired) electrons. The van der Waals surface area contributed by atoms with Crippen LogP contribution in [0.5, 0.6) is 5.75 Å². The summed E-state index contributed by atoms with van der Waals surface area (Å²) in [6.45, 7) is 0.676. The lowest BCUT2D eigenvalue weighted by molar-refractivity contribution is 0.0689. The first kappa shape index (κ1) is 13.9. The molecule has 110 valence electrons. The average Bonchev–Trinajstić information content (AvgIpc) is 3.19. The highest BCUT2D eigenvalue weighted by Gasteiger charge is 2.23. The van der Waals surface area contributed by atoms with E-state index < -0.39 is 5.97 Å². The van der Waals surface area contributed by atoms with Crippen molar-refractivity contribution in [2.75, 3.05) is 6.61 Å². The van der Waals surface area contributed by atoms with Gasteiger partial charge in [-0.2, -0.15) is 5.10 Å². The summed E-state index contributed by atoms with van der Waals surface area (Å²) in [5.41, 5.74) is 1.36. The Morgan fingerprint density at radius 1 is 1.52 bits per heavy atom. The van der Waals surface area contributed by atoms with Crippen molar-refractivity contribution in [1.82, 2.24) is 9.78 Å². The Bertz CT molecular complexity index is 692. The molecule has 0 bridgehead atoms. The average molecular weight is 307 g/mol. The van der Waals surface area contributed by atoms with E-state index >= 15 is 0 Å². The monoisotopic (exact) mass is 306 g/mol. The first-order chi connectivity index (χ1) is 10.1. The molecule has 1 aliphatic rings. The second-order valence-electron chi connectivity index (χ2n) is 5.22. The highest BCUT2D eigenvalue weighted by molar-refractivity contribution is 6.34. The smallest absolute Gasteiger partial charge is 0.356 e. The number of aromatic nitrogens is 2. The lowest BCUT2D eigenvalue weighted by Crippen LogP contribution is -2.01. The maximum absolute atomic E-state index is 11.0. The summed E-state index contributed by atoms with van der Waals surface area (Å²) in [5.74, 6) is 0.202. The zero-order valence-electron chi connectivity index (χ0n) is 11.5. The summed E-state index contributed by atoms with van der Waals surface area (Å²) >= 11 is 6.39. The molecule has 2 aromatic rings. The summed E-state index contributed by atoms with van der Waals surface area (Å²) in [5, 5.41) is 13.5. The molecule has 0 atom stereocenters. The SMILES string of the molecule is Cn1nc(C(=O)O)cc1-c1cccc(OCC2CC2)c1Cl. The van der Waals surface area contributed by atoms with E-state index in [1.54, 1.807) is 7.05 Å². The number of carboxylic acids is 1. The number of hydrogen-bond donors (Lipinski definition) is 1. The lowest BCUT2D eigenvalue weighted by atomic mass is 10.1. The fourth-order valence-electron chi connectivity index (χ4n) is 2.14. The van der Waals surface area contributed by atoms with Crippen LogP contribution in [0, 0.1) is 5.92 Å². The molecule has 1 heterocycles. The van der Waals surface area contributed by atoms with Gasteiger partial charge in [0, 0.05) is 12.6 Å². The maximum Gasteiger partial charge on any atom is 0.356 e. The number of aryl methyl sites for hydroxylation is 1. The van der Waals surface area contributed by atoms with E-state index in [0.717, 1.165) is 0 Å². The summed E-state index contributed by atoms with van der Waals surface area (Å²) in [4.78, 5) is 11.0.